The molecule has 0 aliphatic heterocycles. The van der Waals surface area contributed by atoms with Gasteiger partial charge in [-0.15, -0.1) is 12.4 Å². The number of rotatable bonds is 12. The molecule has 0 saturated carbocycles. The van der Waals surface area contributed by atoms with Gasteiger partial charge in [-0.05, 0) is 43.8 Å². The van der Waals surface area contributed by atoms with Gasteiger partial charge in [-0.3, -0.25) is 10.1 Å². The monoisotopic (exact) mass is 420 g/mol. The number of halogens is 1. The number of nitrogens with one attached hydrogen (secondary N) is 2. The number of nitro groups is 1. The van der Waals surface area contributed by atoms with Crippen LogP contribution in [0.1, 0.15) is 17.5 Å². The molecule has 0 amide bonds. The second kappa shape index (κ2) is 13.4. The predicted octanol–water partition coefficient (Wildman–Crippen LogP) is 3.39. The van der Waals surface area contributed by atoms with Crippen molar-refractivity contribution >= 4 is 12.4 Å². The standard InChI is InChI=1S/C21H28N4O3.ClH/c1-24(2)16-19-10-6-11-20(14-19)28-13-7-12-22-21(17-25(26)27)23-15-18-8-4-3-5-9-18;/h3-6,8-11,14,17,22-23H,7,12-13,15-16H2,1-2H3;1H/b21-17-;. The number of hydrogen-bond donors (Lipinski definition) is 2. The first-order valence-electron chi connectivity index (χ1n) is 9.26. The highest BCUT2D eigenvalue weighted by Gasteiger charge is 2.03. The average Bonchev–Trinajstić information content (AvgIpc) is 2.66. The third-order valence-electron chi connectivity index (χ3n) is 3.86. The van der Waals surface area contributed by atoms with Crippen LogP contribution in [0.25, 0.3) is 0 Å². The Hall–Kier alpha value is -2.77. The van der Waals surface area contributed by atoms with Crippen LogP contribution in [0.2, 0.25) is 0 Å². The zero-order valence-electron chi connectivity index (χ0n) is 16.8. The van der Waals surface area contributed by atoms with Crippen molar-refractivity contribution in [3.05, 3.63) is 87.9 Å². The van der Waals surface area contributed by atoms with Crippen molar-refractivity contribution in [1.29, 1.82) is 0 Å². The summed E-state index contributed by atoms with van der Waals surface area (Å²) in [5, 5.41) is 17.0. The van der Waals surface area contributed by atoms with Crippen LogP contribution in [0.4, 0.5) is 0 Å². The third-order valence-corrected chi connectivity index (χ3v) is 3.86. The van der Waals surface area contributed by atoms with Crippen molar-refractivity contribution in [2.75, 3.05) is 27.2 Å². The molecule has 0 aliphatic rings. The van der Waals surface area contributed by atoms with Gasteiger partial charge in [-0.25, -0.2) is 0 Å². The summed E-state index contributed by atoms with van der Waals surface area (Å²) in [5.41, 5.74) is 2.25. The molecule has 7 nitrogen and oxygen atoms in total. The molecule has 0 bridgehead atoms. The van der Waals surface area contributed by atoms with Crippen molar-refractivity contribution in [2.24, 2.45) is 0 Å². The quantitative estimate of drug-likeness (QED) is 0.311. The zero-order valence-corrected chi connectivity index (χ0v) is 17.7. The lowest BCUT2D eigenvalue weighted by Crippen LogP contribution is -2.28. The summed E-state index contributed by atoms with van der Waals surface area (Å²) < 4.78 is 5.79. The first-order chi connectivity index (χ1) is 13.5. The maximum absolute atomic E-state index is 10.8. The van der Waals surface area contributed by atoms with E-state index in [9.17, 15) is 10.1 Å². The fourth-order valence-corrected chi connectivity index (χ4v) is 2.64. The molecule has 158 valence electrons. The summed E-state index contributed by atoms with van der Waals surface area (Å²) in [6.07, 6.45) is 1.68. The Kier molecular flexibility index (Phi) is 11.2. The van der Waals surface area contributed by atoms with E-state index in [0.29, 0.717) is 25.5 Å². The molecule has 0 atom stereocenters. The van der Waals surface area contributed by atoms with Crippen LogP contribution in [0.3, 0.4) is 0 Å². The molecule has 2 aromatic carbocycles. The second-order valence-electron chi connectivity index (χ2n) is 6.68. The fourth-order valence-electron chi connectivity index (χ4n) is 2.64. The Morgan fingerprint density at radius 1 is 1.10 bits per heavy atom. The van der Waals surface area contributed by atoms with Crippen LogP contribution in [0, 0.1) is 10.1 Å². The Morgan fingerprint density at radius 3 is 2.52 bits per heavy atom. The Bertz CT molecular complexity index is 770. The van der Waals surface area contributed by atoms with Gasteiger partial charge in [0.25, 0.3) is 6.20 Å². The molecule has 8 heteroatoms. The molecule has 0 heterocycles. The van der Waals surface area contributed by atoms with Crippen molar-refractivity contribution < 1.29 is 9.66 Å². The number of hydrogen-bond acceptors (Lipinski definition) is 6. The number of nitrogens with zero attached hydrogens (tertiary/aromatic N) is 2. The summed E-state index contributed by atoms with van der Waals surface area (Å²) in [5.74, 6) is 1.23. The molecule has 0 aliphatic carbocycles. The van der Waals surface area contributed by atoms with Gasteiger partial charge < -0.3 is 20.3 Å². The van der Waals surface area contributed by atoms with Crippen molar-refractivity contribution in [3.63, 3.8) is 0 Å². The van der Waals surface area contributed by atoms with Gasteiger partial charge >= 0.3 is 0 Å². The van der Waals surface area contributed by atoms with Crippen LogP contribution in [-0.2, 0) is 13.1 Å². The minimum Gasteiger partial charge on any atom is -0.494 e. The smallest absolute Gasteiger partial charge is 0.274 e. The molecule has 0 radical (unpaired) electrons. The van der Waals surface area contributed by atoms with Crippen molar-refractivity contribution in [3.8, 4) is 5.75 Å². The van der Waals surface area contributed by atoms with E-state index >= 15 is 0 Å². The summed E-state index contributed by atoms with van der Waals surface area (Å²) >= 11 is 0. The van der Waals surface area contributed by atoms with Crippen LogP contribution in [0.5, 0.6) is 5.75 Å². The molecular weight excluding hydrogens is 392 g/mol. The van der Waals surface area contributed by atoms with E-state index in [-0.39, 0.29) is 12.4 Å². The molecule has 29 heavy (non-hydrogen) atoms. The fraction of sp³-hybridized carbons (Fsp3) is 0.333. The van der Waals surface area contributed by atoms with Gasteiger partial charge in [0.15, 0.2) is 5.82 Å². The molecular formula is C21H29ClN4O3. The Morgan fingerprint density at radius 2 is 1.83 bits per heavy atom. The van der Waals surface area contributed by atoms with Crippen LogP contribution >= 0.6 is 12.4 Å². The molecule has 0 spiro atoms. The number of benzene rings is 2. The van der Waals surface area contributed by atoms with E-state index in [1.165, 1.54) is 5.56 Å². The van der Waals surface area contributed by atoms with Crippen LogP contribution in [0.15, 0.2) is 66.6 Å². The summed E-state index contributed by atoms with van der Waals surface area (Å²) in [4.78, 5) is 12.5. The third kappa shape index (κ3) is 10.4. The average molecular weight is 421 g/mol. The van der Waals surface area contributed by atoms with Crippen molar-refractivity contribution in [1.82, 2.24) is 15.5 Å². The minimum absolute atomic E-state index is 0. The van der Waals surface area contributed by atoms with E-state index in [0.717, 1.165) is 30.5 Å². The van der Waals surface area contributed by atoms with E-state index in [4.69, 9.17) is 4.74 Å². The largest absolute Gasteiger partial charge is 0.494 e. The van der Waals surface area contributed by atoms with Crippen LogP contribution < -0.4 is 15.4 Å². The lowest BCUT2D eigenvalue weighted by Gasteiger charge is -2.13. The Labute approximate surface area is 178 Å². The first kappa shape index (κ1) is 24.3. The highest BCUT2D eigenvalue weighted by molar-refractivity contribution is 5.85. The van der Waals surface area contributed by atoms with Gasteiger partial charge in [0.2, 0.25) is 0 Å². The molecule has 2 aromatic rings. The maximum Gasteiger partial charge on any atom is 0.274 e. The minimum atomic E-state index is -0.465. The molecule has 0 fully saturated rings. The van der Waals surface area contributed by atoms with Crippen LogP contribution in [-0.4, -0.2) is 37.1 Å². The molecule has 0 saturated heterocycles. The Balaban J connectivity index is 0.00000420. The summed E-state index contributed by atoms with van der Waals surface area (Å²) in [7, 11) is 4.06. The highest BCUT2D eigenvalue weighted by Crippen LogP contribution is 2.14. The van der Waals surface area contributed by atoms with Gasteiger partial charge in [0.05, 0.1) is 11.5 Å². The lowest BCUT2D eigenvalue weighted by atomic mass is 10.2. The van der Waals surface area contributed by atoms with Gasteiger partial charge in [0, 0.05) is 19.6 Å². The predicted molar refractivity (Wildman–Crippen MR) is 118 cm³/mol. The topological polar surface area (TPSA) is 79.7 Å². The van der Waals surface area contributed by atoms with Gasteiger partial charge in [0.1, 0.15) is 5.75 Å². The summed E-state index contributed by atoms with van der Waals surface area (Å²) in [6, 6.07) is 17.8. The van der Waals surface area contributed by atoms with E-state index in [2.05, 4.69) is 21.6 Å². The van der Waals surface area contributed by atoms with Gasteiger partial charge in [-0.1, -0.05) is 42.5 Å². The lowest BCUT2D eigenvalue weighted by molar-refractivity contribution is -0.404. The molecule has 0 unspecified atom stereocenters. The van der Waals surface area contributed by atoms with E-state index in [1.807, 2.05) is 62.6 Å². The highest BCUT2D eigenvalue weighted by atomic mass is 35.5. The molecule has 2 N–H and O–H groups in total. The SMILES string of the molecule is CN(C)Cc1cccc(OCCCN/C(=C/[N+](=O)[O-])NCc2ccccc2)c1.Cl. The maximum atomic E-state index is 10.8. The zero-order chi connectivity index (χ0) is 20.2. The number of ether oxygens (including phenoxy) is 1. The van der Waals surface area contributed by atoms with E-state index in [1.54, 1.807) is 0 Å². The van der Waals surface area contributed by atoms with E-state index < -0.39 is 4.92 Å². The molecule has 0 aromatic heterocycles. The first-order valence-corrected chi connectivity index (χ1v) is 9.26. The van der Waals surface area contributed by atoms with Crippen molar-refractivity contribution in [2.45, 2.75) is 19.5 Å². The second-order valence-corrected chi connectivity index (χ2v) is 6.68. The normalized spacial score (nSPS) is 10.9. The summed E-state index contributed by atoms with van der Waals surface area (Å²) in [6.45, 7) is 2.48. The van der Waals surface area contributed by atoms with Gasteiger partial charge in [-0.2, -0.15) is 0 Å². The molecule has 2 rings (SSSR count).